The first-order valence-corrected chi connectivity index (χ1v) is 6.39. The average molecular weight is 301 g/mol. The van der Waals surface area contributed by atoms with Crippen molar-refractivity contribution < 1.29 is 14.9 Å². The fraction of sp³-hybridized carbons (Fsp3) is 0.455. The normalized spacial score (nSPS) is 26.4. The molecule has 1 saturated heterocycles. The lowest BCUT2D eigenvalue weighted by molar-refractivity contribution is -0.0430. The maximum atomic E-state index is 11.4. The second kappa shape index (κ2) is 4.74. The predicted molar refractivity (Wildman–Crippen MR) is 71.4 cm³/mol. The Morgan fingerprint density at radius 3 is 3.05 bits per heavy atom. The number of aliphatic hydroxyl groups is 2. The van der Waals surface area contributed by atoms with Gasteiger partial charge in [-0.1, -0.05) is 11.6 Å². The topological polar surface area (TPSA) is 126 Å². The summed E-state index contributed by atoms with van der Waals surface area (Å²) in [5.41, 5.74) is 5.42. The number of aromatic amines is 1. The van der Waals surface area contributed by atoms with E-state index in [-0.39, 0.29) is 24.5 Å². The first kappa shape index (κ1) is 13.4. The highest BCUT2D eigenvalue weighted by Gasteiger charge is 2.35. The molecule has 1 fully saturated rings. The number of nitrogens with zero attached hydrogens (tertiary/aromatic N) is 2. The van der Waals surface area contributed by atoms with Crippen LogP contribution in [0.4, 0.5) is 5.82 Å². The van der Waals surface area contributed by atoms with Gasteiger partial charge in [0.05, 0.1) is 23.1 Å². The largest absolute Gasteiger partial charge is 0.394 e. The fourth-order valence-electron chi connectivity index (χ4n) is 2.42. The van der Waals surface area contributed by atoms with Gasteiger partial charge in [-0.25, -0.2) is 4.79 Å². The minimum absolute atomic E-state index is 0.126. The van der Waals surface area contributed by atoms with Crippen LogP contribution in [0.2, 0.25) is 5.02 Å². The van der Waals surface area contributed by atoms with Crippen molar-refractivity contribution in [3.05, 3.63) is 21.7 Å². The second-order valence-electron chi connectivity index (χ2n) is 4.65. The number of halogens is 1. The van der Waals surface area contributed by atoms with Gasteiger partial charge in [0, 0.05) is 12.6 Å². The van der Waals surface area contributed by atoms with Crippen LogP contribution in [0.1, 0.15) is 12.6 Å². The second-order valence-corrected chi connectivity index (χ2v) is 5.06. The van der Waals surface area contributed by atoms with E-state index in [9.17, 15) is 9.90 Å². The number of rotatable bonds is 2. The number of anilines is 1. The standard InChI is InChI=1S/C11H13ClN4O4/c12-4-2-16(7-1-5(18)6(3-17)20-7)10-8(4)9(13)14-11(19)15-10/h2,5-7,17-18H,1,3H2,(H3,13,14,15,19)/t5-,6+,7+/m1/s1. The highest BCUT2D eigenvalue weighted by atomic mass is 35.5. The summed E-state index contributed by atoms with van der Waals surface area (Å²) in [5.74, 6) is 0.126. The summed E-state index contributed by atoms with van der Waals surface area (Å²) in [6, 6.07) is 0. The Hall–Kier alpha value is -1.61. The molecule has 5 N–H and O–H groups in total. The third kappa shape index (κ3) is 1.97. The molecule has 9 heteroatoms. The Morgan fingerprint density at radius 2 is 2.40 bits per heavy atom. The summed E-state index contributed by atoms with van der Waals surface area (Å²) in [7, 11) is 0. The number of nitrogens with one attached hydrogen (secondary N) is 1. The van der Waals surface area contributed by atoms with Gasteiger partial charge in [0.2, 0.25) is 0 Å². The van der Waals surface area contributed by atoms with Gasteiger partial charge in [-0.2, -0.15) is 4.98 Å². The molecule has 0 radical (unpaired) electrons. The summed E-state index contributed by atoms with van der Waals surface area (Å²) in [4.78, 5) is 17.6. The Kier molecular flexibility index (Phi) is 3.17. The molecule has 108 valence electrons. The van der Waals surface area contributed by atoms with Crippen molar-refractivity contribution in [1.82, 2.24) is 14.5 Å². The first-order chi connectivity index (χ1) is 9.51. The zero-order chi connectivity index (χ0) is 14.4. The van der Waals surface area contributed by atoms with Crippen LogP contribution in [0.15, 0.2) is 11.0 Å². The van der Waals surface area contributed by atoms with Gasteiger partial charge in [0.25, 0.3) is 0 Å². The number of aromatic nitrogens is 3. The number of fused-ring (bicyclic) bond motifs is 1. The molecule has 0 aliphatic carbocycles. The van der Waals surface area contributed by atoms with Crippen LogP contribution in [-0.4, -0.2) is 43.6 Å². The van der Waals surface area contributed by atoms with Gasteiger partial charge in [0.1, 0.15) is 18.1 Å². The summed E-state index contributed by atoms with van der Waals surface area (Å²) in [5, 5.41) is 19.6. The molecule has 0 amide bonds. The van der Waals surface area contributed by atoms with Gasteiger partial charge in [-0.3, -0.25) is 4.98 Å². The summed E-state index contributed by atoms with van der Waals surface area (Å²) >= 11 is 6.09. The maximum absolute atomic E-state index is 11.4. The summed E-state index contributed by atoms with van der Waals surface area (Å²) in [6.45, 7) is -0.291. The van der Waals surface area contributed by atoms with Crippen LogP contribution in [-0.2, 0) is 4.74 Å². The SMILES string of the molecule is Nc1[nH]c(=O)nc2c1c(Cl)cn2[C@@H]1C[C@@H](O)[C@H](CO)O1. The Bertz CT molecular complexity index is 712. The number of ether oxygens (including phenoxy) is 1. The molecule has 2 aromatic rings. The third-order valence-electron chi connectivity index (χ3n) is 3.37. The zero-order valence-electron chi connectivity index (χ0n) is 10.3. The number of hydrogen-bond donors (Lipinski definition) is 4. The molecule has 0 bridgehead atoms. The smallest absolute Gasteiger partial charge is 0.348 e. The number of nitrogen functional groups attached to an aromatic ring is 1. The zero-order valence-corrected chi connectivity index (χ0v) is 11.0. The van der Waals surface area contributed by atoms with E-state index in [1.807, 2.05) is 0 Å². The molecule has 1 aliphatic heterocycles. The van der Waals surface area contributed by atoms with Crippen molar-refractivity contribution in [2.75, 3.05) is 12.3 Å². The van der Waals surface area contributed by atoms with Gasteiger partial charge < -0.3 is 25.3 Å². The van der Waals surface area contributed by atoms with Crippen molar-refractivity contribution in [2.24, 2.45) is 0 Å². The Balaban J connectivity index is 2.11. The molecule has 2 aromatic heterocycles. The monoisotopic (exact) mass is 300 g/mol. The number of hydrogen-bond acceptors (Lipinski definition) is 6. The summed E-state index contributed by atoms with van der Waals surface area (Å²) < 4.78 is 7.07. The van der Waals surface area contributed by atoms with Gasteiger partial charge in [0.15, 0.2) is 5.65 Å². The van der Waals surface area contributed by atoms with Crippen molar-refractivity contribution in [3.8, 4) is 0 Å². The molecule has 3 atom stereocenters. The third-order valence-corrected chi connectivity index (χ3v) is 3.66. The molecule has 3 rings (SSSR count). The van der Waals surface area contributed by atoms with E-state index in [4.69, 9.17) is 27.2 Å². The van der Waals surface area contributed by atoms with Gasteiger partial charge in [-0.05, 0) is 0 Å². The minimum atomic E-state index is -0.791. The highest BCUT2D eigenvalue weighted by molar-refractivity contribution is 6.36. The lowest BCUT2D eigenvalue weighted by atomic mass is 10.2. The van der Waals surface area contributed by atoms with E-state index in [2.05, 4.69) is 9.97 Å². The molecule has 1 aliphatic rings. The molecular weight excluding hydrogens is 288 g/mol. The van der Waals surface area contributed by atoms with E-state index in [1.54, 1.807) is 10.8 Å². The molecule has 0 aromatic carbocycles. The highest BCUT2D eigenvalue weighted by Crippen LogP contribution is 2.35. The number of aliphatic hydroxyl groups excluding tert-OH is 2. The molecule has 0 spiro atoms. The minimum Gasteiger partial charge on any atom is -0.394 e. The fourth-order valence-corrected chi connectivity index (χ4v) is 2.71. The van der Waals surface area contributed by atoms with E-state index < -0.39 is 24.1 Å². The van der Waals surface area contributed by atoms with E-state index in [1.165, 1.54) is 0 Å². The Morgan fingerprint density at radius 1 is 1.65 bits per heavy atom. The molecule has 8 nitrogen and oxygen atoms in total. The van der Waals surface area contributed by atoms with Crippen molar-refractivity contribution in [2.45, 2.75) is 24.9 Å². The number of nitrogens with two attached hydrogens (primary N) is 1. The lowest BCUT2D eigenvalue weighted by Crippen LogP contribution is -2.24. The number of H-pyrrole nitrogens is 1. The van der Waals surface area contributed by atoms with Crippen LogP contribution in [0.5, 0.6) is 0 Å². The average Bonchev–Trinajstić information content (AvgIpc) is 2.90. The van der Waals surface area contributed by atoms with Crippen LogP contribution < -0.4 is 11.4 Å². The predicted octanol–water partition coefficient (Wildman–Crippen LogP) is -0.399. The molecule has 0 saturated carbocycles. The molecular formula is C11H13ClN4O4. The van der Waals surface area contributed by atoms with E-state index >= 15 is 0 Å². The lowest BCUT2D eigenvalue weighted by Gasteiger charge is -2.14. The molecule has 0 unspecified atom stereocenters. The van der Waals surface area contributed by atoms with Crippen molar-refractivity contribution in [3.63, 3.8) is 0 Å². The maximum Gasteiger partial charge on any atom is 0.348 e. The molecule has 20 heavy (non-hydrogen) atoms. The van der Waals surface area contributed by atoms with Crippen LogP contribution in [0.25, 0.3) is 11.0 Å². The van der Waals surface area contributed by atoms with Gasteiger partial charge in [-0.15, -0.1) is 0 Å². The quantitative estimate of drug-likeness (QED) is 0.598. The van der Waals surface area contributed by atoms with Crippen LogP contribution in [0.3, 0.4) is 0 Å². The Labute approximate surface area is 117 Å². The van der Waals surface area contributed by atoms with Crippen LogP contribution in [0, 0.1) is 0 Å². The van der Waals surface area contributed by atoms with Crippen molar-refractivity contribution >= 4 is 28.5 Å². The first-order valence-electron chi connectivity index (χ1n) is 6.01. The van der Waals surface area contributed by atoms with Crippen LogP contribution >= 0.6 is 11.6 Å². The van der Waals surface area contributed by atoms with Gasteiger partial charge >= 0.3 is 5.69 Å². The van der Waals surface area contributed by atoms with E-state index in [0.29, 0.717) is 10.4 Å². The summed E-state index contributed by atoms with van der Waals surface area (Å²) in [6.07, 6.45) is -0.221. The van der Waals surface area contributed by atoms with E-state index in [0.717, 1.165) is 0 Å². The molecule has 3 heterocycles. The van der Waals surface area contributed by atoms with Crippen molar-refractivity contribution in [1.29, 1.82) is 0 Å².